The fourth-order valence-electron chi connectivity index (χ4n) is 2.89. The minimum absolute atomic E-state index is 0.00274. The lowest BCUT2D eigenvalue weighted by molar-refractivity contribution is -0.123. The van der Waals surface area contributed by atoms with Crippen LogP contribution in [0.2, 0.25) is 0 Å². The second-order valence-electron chi connectivity index (χ2n) is 4.93. The third-order valence-electron chi connectivity index (χ3n) is 3.78. The van der Waals surface area contributed by atoms with Gasteiger partial charge in [-0.25, -0.2) is 0 Å². The summed E-state index contributed by atoms with van der Waals surface area (Å²) in [7, 11) is 0. The maximum Gasteiger partial charge on any atom is 0.148 e. The number of carbonyl (C=O) groups excluding carboxylic acids is 1. The van der Waals surface area contributed by atoms with Gasteiger partial charge in [-0.3, -0.25) is 9.78 Å². The number of ketones is 1. The molecule has 17 heavy (non-hydrogen) atoms. The number of fused-ring (bicyclic) bond motifs is 1. The third-order valence-corrected chi connectivity index (χ3v) is 3.78. The number of rotatable bonds is 2. The summed E-state index contributed by atoms with van der Waals surface area (Å²) in [6, 6.07) is 4.07. The first-order valence-electron chi connectivity index (χ1n) is 6.17. The Labute approximate surface area is 101 Å². The van der Waals surface area contributed by atoms with Gasteiger partial charge in [-0.15, -0.1) is 0 Å². The number of aromatic nitrogens is 1. The quantitative estimate of drug-likeness (QED) is 0.782. The molecule has 0 saturated heterocycles. The molecule has 0 amide bonds. The highest BCUT2D eigenvalue weighted by atomic mass is 16.1. The Morgan fingerprint density at radius 2 is 2.29 bits per heavy atom. The van der Waals surface area contributed by atoms with Crippen LogP contribution >= 0.6 is 0 Å². The van der Waals surface area contributed by atoms with E-state index in [-0.39, 0.29) is 17.9 Å². The average Bonchev–Trinajstić information content (AvgIpc) is 2.94. The van der Waals surface area contributed by atoms with Gasteiger partial charge in [0.25, 0.3) is 0 Å². The van der Waals surface area contributed by atoms with Gasteiger partial charge in [-0.2, -0.15) is 0 Å². The van der Waals surface area contributed by atoms with Gasteiger partial charge in [0.15, 0.2) is 0 Å². The van der Waals surface area contributed by atoms with Crippen molar-refractivity contribution in [2.24, 2.45) is 11.7 Å². The fraction of sp³-hybridized carbons (Fsp3) is 0.429. The number of nitrogens with two attached hydrogens (primary N) is 1. The van der Waals surface area contributed by atoms with Crippen molar-refractivity contribution in [2.75, 3.05) is 0 Å². The van der Waals surface area contributed by atoms with Crippen molar-refractivity contribution < 1.29 is 4.79 Å². The highest BCUT2D eigenvalue weighted by molar-refractivity contribution is 5.90. The molecule has 88 valence electrons. The van der Waals surface area contributed by atoms with Gasteiger partial charge < -0.3 is 5.73 Å². The molecule has 0 aliphatic heterocycles. The van der Waals surface area contributed by atoms with Crippen LogP contribution < -0.4 is 5.73 Å². The van der Waals surface area contributed by atoms with E-state index in [0.717, 1.165) is 25.0 Å². The molecule has 2 aliphatic carbocycles. The first-order valence-corrected chi connectivity index (χ1v) is 6.17. The summed E-state index contributed by atoms with van der Waals surface area (Å²) in [6.45, 7) is 0. The van der Waals surface area contributed by atoms with Crippen LogP contribution in [0, 0.1) is 5.92 Å². The van der Waals surface area contributed by atoms with Crippen LogP contribution in [0.3, 0.4) is 0 Å². The first-order chi connectivity index (χ1) is 8.25. The molecular formula is C14H16N2O. The molecule has 1 aromatic rings. The molecule has 0 bridgehead atoms. The lowest BCUT2D eigenvalue weighted by atomic mass is 9.90. The Morgan fingerprint density at radius 3 is 3.06 bits per heavy atom. The molecule has 3 nitrogen and oxygen atoms in total. The summed E-state index contributed by atoms with van der Waals surface area (Å²) in [5, 5.41) is 0. The van der Waals surface area contributed by atoms with E-state index in [4.69, 9.17) is 5.73 Å². The standard InChI is InChI=1S/C14H16N2O/c15-11-5-3-10(8-11)14(17)12-6-4-9-2-1-7-16-13(9)12/h1-3,5,7,10-12H,4,6,8,15H2. The van der Waals surface area contributed by atoms with Crippen molar-refractivity contribution in [2.45, 2.75) is 31.2 Å². The van der Waals surface area contributed by atoms with Gasteiger partial charge in [-0.1, -0.05) is 18.2 Å². The van der Waals surface area contributed by atoms with Gasteiger partial charge in [-0.05, 0) is 30.9 Å². The second-order valence-corrected chi connectivity index (χ2v) is 4.93. The maximum atomic E-state index is 12.4. The van der Waals surface area contributed by atoms with E-state index >= 15 is 0 Å². The van der Waals surface area contributed by atoms with Crippen LogP contribution in [-0.2, 0) is 11.2 Å². The van der Waals surface area contributed by atoms with Gasteiger partial charge >= 0.3 is 0 Å². The van der Waals surface area contributed by atoms with E-state index in [2.05, 4.69) is 11.1 Å². The van der Waals surface area contributed by atoms with E-state index in [1.807, 2.05) is 18.2 Å². The number of Topliss-reactive ketones (excluding diaryl/α,β-unsaturated/α-hetero) is 1. The van der Waals surface area contributed by atoms with E-state index in [0.29, 0.717) is 5.78 Å². The van der Waals surface area contributed by atoms with E-state index < -0.39 is 0 Å². The van der Waals surface area contributed by atoms with Gasteiger partial charge in [0.1, 0.15) is 5.78 Å². The first kappa shape index (κ1) is 10.7. The van der Waals surface area contributed by atoms with Crippen LogP contribution in [0.4, 0.5) is 0 Å². The van der Waals surface area contributed by atoms with Crippen molar-refractivity contribution in [1.82, 2.24) is 4.98 Å². The fourth-order valence-corrected chi connectivity index (χ4v) is 2.89. The van der Waals surface area contributed by atoms with Crippen LogP contribution in [-0.4, -0.2) is 16.8 Å². The highest BCUT2D eigenvalue weighted by Crippen LogP contribution is 2.35. The number of aryl methyl sites for hydroxylation is 1. The number of hydrogen-bond acceptors (Lipinski definition) is 3. The number of carbonyl (C=O) groups is 1. The minimum atomic E-state index is -0.00819. The third kappa shape index (κ3) is 1.80. The Morgan fingerprint density at radius 1 is 1.41 bits per heavy atom. The normalized spacial score (nSPS) is 30.5. The zero-order chi connectivity index (χ0) is 11.8. The molecule has 0 saturated carbocycles. The zero-order valence-electron chi connectivity index (χ0n) is 9.67. The summed E-state index contributed by atoms with van der Waals surface area (Å²) < 4.78 is 0. The Hall–Kier alpha value is -1.48. The molecule has 0 aromatic carbocycles. The van der Waals surface area contributed by atoms with Gasteiger partial charge in [0, 0.05) is 18.2 Å². The number of nitrogens with zero attached hydrogens (tertiary/aromatic N) is 1. The molecule has 2 N–H and O–H groups in total. The van der Waals surface area contributed by atoms with Crippen molar-refractivity contribution in [3.8, 4) is 0 Å². The molecule has 3 rings (SSSR count). The molecule has 0 spiro atoms. The number of pyridine rings is 1. The van der Waals surface area contributed by atoms with Crippen molar-refractivity contribution in [1.29, 1.82) is 0 Å². The lowest BCUT2D eigenvalue weighted by Gasteiger charge is -2.14. The smallest absolute Gasteiger partial charge is 0.148 e. The number of hydrogen-bond donors (Lipinski definition) is 1. The summed E-state index contributed by atoms with van der Waals surface area (Å²) in [5.74, 6) is 0.292. The largest absolute Gasteiger partial charge is 0.324 e. The van der Waals surface area contributed by atoms with Crippen LogP contribution in [0.1, 0.15) is 30.0 Å². The molecule has 1 heterocycles. The van der Waals surface area contributed by atoms with E-state index in [9.17, 15) is 4.79 Å². The lowest BCUT2D eigenvalue weighted by Crippen LogP contribution is -2.23. The molecule has 0 fully saturated rings. The maximum absolute atomic E-state index is 12.4. The predicted octanol–water partition coefficient (Wildman–Crippen LogP) is 1.58. The molecule has 2 aliphatic rings. The highest BCUT2D eigenvalue weighted by Gasteiger charge is 2.34. The monoisotopic (exact) mass is 228 g/mol. The van der Waals surface area contributed by atoms with E-state index in [1.165, 1.54) is 5.56 Å². The van der Waals surface area contributed by atoms with Crippen LogP contribution in [0.5, 0.6) is 0 Å². The Balaban J connectivity index is 1.83. The molecule has 0 radical (unpaired) electrons. The van der Waals surface area contributed by atoms with Crippen molar-refractivity contribution >= 4 is 5.78 Å². The molecule has 1 aromatic heterocycles. The zero-order valence-corrected chi connectivity index (χ0v) is 9.67. The van der Waals surface area contributed by atoms with Crippen LogP contribution in [0.25, 0.3) is 0 Å². The predicted molar refractivity (Wildman–Crippen MR) is 65.5 cm³/mol. The summed E-state index contributed by atoms with van der Waals surface area (Å²) in [4.78, 5) is 16.8. The Bertz CT molecular complexity index is 481. The van der Waals surface area contributed by atoms with Crippen molar-refractivity contribution in [3.63, 3.8) is 0 Å². The topological polar surface area (TPSA) is 56.0 Å². The molecule has 3 atom stereocenters. The summed E-state index contributed by atoms with van der Waals surface area (Å²) >= 11 is 0. The van der Waals surface area contributed by atoms with Crippen molar-refractivity contribution in [3.05, 3.63) is 41.7 Å². The molecule has 3 heteroatoms. The SMILES string of the molecule is NC1C=CC(C(=O)C2CCc3cccnc32)C1. The minimum Gasteiger partial charge on any atom is -0.324 e. The summed E-state index contributed by atoms with van der Waals surface area (Å²) in [6.07, 6.45) is 8.33. The summed E-state index contributed by atoms with van der Waals surface area (Å²) in [5.41, 5.74) is 8.03. The van der Waals surface area contributed by atoms with Gasteiger partial charge in [0.2, 0.25) is 0 Å². The molecule has 3 unspecified atom stereocenters. The van der Waals surface area contributed by atoms with Crippen LogP contribution in [0.15, 0.2) is 30.5 Å². The average molecular weight is 228 g/mol. The molecular weight excluding hydrogens is 212 g/mol. The second kappa shape index (κ2) is 4.08. The van der Waals surface area contributed by atoms with Gasteiger partial charge in [0.05, 0.1) is 11.6 Å². The van der Waals surface area contributed by atoms with E-state index in [1.54, 1.807) is 6.20 Å². The number of allylic oxidation sites excluding steroid dienone is 1. The Kier molecular flexibility index (Phi) is 2.56.